The number of anilines is 3. The molecule has 0 amide bonds. The number of para-hydroxylation sites is 1. The smallest absolute Gasteiger partial charge is 0.227 e. The van der Waals surface area contributed by atoms with Crippen molar-refractivity contribution in [2.24, 2.45) is 0 Å². The van der Waals surface area contributed by atoms with Gasteiger partial charge in [0.25, 0.3) is 0 Å². The van der Waals surface area contributed by atoms with Crippen molar-refractivity contribution < 1.29 is 8.83 Å². The third kappa shape index (κ3) is 3.04. The topological polar surface area (TPSA) is 55.3 Å². The van der Waals surface area contributed by atoms with Crippen LogP contribution in [0.2, 0.25) is 0 Å². The zero-order chi connectivity index (χ0) is 24.3. The summed E-state index contributed by atoms with van der Waals surface area (Å²) in [5, 5.41) is 6.40. The summed E-state index contributed by atoms with van der Waals surface area (Å²) >= 11 is 0. The van der Waals surface area contributed by atoms with Gasteiger partial charge in [0.15, 0.2) is 5.58 Å². The van der Waals surface area contributed by atoms with Gasteiger partial charge in [0.1, 0.15) is 5.58 Å². The van der Waals surface area contributed by atoms with E-state index in [2.05, 4.69) is 93.7 Å². The monoisotopic (exact) mass is 477 g/mol. The fraction of sp³-hybridized carbons (Fsp3) is 0. The van der Waals surface area contributed by atoms with Crippen molar-refractivity contribution in [3.63, 3.8) is 0 Å². The van der Waals surface area contributed by atoms with Crippen LogP contribution in [0.4, 0.5) is 17.1 Å². The molecule has 0 aliphatic heterocycles. The average Bonchev–Trinajstić information content (AvgIpc) is 3.52. The highest BCUT2D eigenvalue weighted by atomic mass is 16.3. The van der Waals surface area contributed by atoms with Crippen molar-refractivity contribution in [1.29, 1.82) is 0 Å². The van der Waals surface area contributed by atoms with E-state index >= 15 is 0 Å². The van der Waals surface area contributed by atoms with Gasteiger partial charge in [-0.2, -0.15) is 0 Å². The van der Waals surface area contributed by atoms with Crippen molar-refractivity contribution in [2.45, 2.75) is 0 Å². The summed E-state index contributed by atoms with van der Waals surface area (Å²) in [7, 11) is 0. The van der Waals surface area contributed by atoms with Crippen molar-refractivity contribution in [3.05, 3.63) is 116 Å². The SMILES string of the molecule is c1ccc2cc(N(c3ccc4oc5ncccc5c4c3)c3cccc4c3oc3ncccc34)ccc2c1. The molecule has 0 bridgehead atoms. The van der Waals surface area contributed by atoms with E-state index in [-0.39, 0.29) is 0 Å². The number of pyridine rings is 2. The molecular formula is C32H19N3O2. The number of hydrogen-bond acceptors (Lipinski definition) is 5. The molecule has 4 aromatic carbocycles. The van der Waals surface area contributed by atoms with Crippen LogP contribution >= 0.6 is 0 Å². The molecule has 0 N–H and O–H groups in total. The largest absolute Gasteiger partial charge is 0.438 e. The predicted molar refractivity (Wildman–Crippen MR) is 149 cm³/mol. The Labute approximate surface area is 211 Å². The second-order valence-electron chi connectivity index (χ2n) is 9.12. The molecule has 0 aliphatic rings. The van der Waals surface area contributed by atoms with E-state index < -0.39 is 0 Å². The highest BCUT2D eigenvalue weighted by Crippen LogP contribution is 2.43. The Bertz CT molecular complexity index is 2120. The third-order valence-electron chi connectivity index (χ3n) is 6.98. The lowest BCUT2D eigenvalue weighted by molar-refractivity contribution is 0.654. The van der Waals surface area contributed by atoms with E-state index in [1.807, 2.05) is 24.3 Å². The summed E-state index contributed by atoms with van der Waals surface area (Å²) in [5.74, 6) is 0. The molecular weight excluding hydrogens is 458 g/mol. The molecule has 0 saturated heterocycles. The van der Waals surface area contributed by atoms with E-state index in [1.54, 1.807) is 12.4 Å². The van der Waals surface area contributed by atoms with Gasteiger partial charge in [-0.1, -0.05) is 42.5 Å². The van der Waals surface area contributed by atoms with Crippen LogP contribution in [0.3, 0.4) is 0 Å². The number of hydrogen-bond donors (Lipinski definition) is 0. The maximum atomic E-state index is 6.36. The van der Waals surface area contributed by atoms with E-state index in [1.165, 1.54) is 10.8 Å². The summed E-state index contributed by atoms with van der Waals surface area (Å²) in [6.07, 6.45) is 3.51. The number of aromatic nitrogens is 2. The van der Waals surface area contributed by atoms with Gasteiger partial charge in [0.2, 0.25) is 11.4 Å². The Morgan fingerprint density at radius 2 is 1.22 bits per heavy atom. The Balaban J connectivity index is 1.44. The number of benzene rings is 4. The highest BCUT2D eigenvalue weighted by molar-refractivity contribution is 6.10. The van der Waals surface area contributed by atoms with E-state index in [4.69, 9.17) is 8.83 Å². The van der Waals surface area contributed by atoms with Gasteiger partial charge in [-0.05, 0) is 71.4 Å². The molecule has 0 unspecified atom stereocenters. The molecule has 4 aromatic heterocycles. The second kappa shape index (κ2) is 7.67. The molecule has 37 heavy (non-hydrogen) atoms. The standard InChI is InChI=1S/C32H19N3O2/c1-2-7-21-18-22(13-12-20(21)6-1)35(23-14-15-29-27(19-23)26-10-5-16-33-31(26)36-29)28-11-3-8-24-25-9-4-17-34-32(25)37-30(24)28/h1-19H. The second-order valence-corrected chi connectivity index (χ2v) is 9.12. The molecule has 5 heteroatoms. The minimum atomic E-state index is 0.630. The predicted octanol–water partition coefficient (Wildman–Crippen LogP) is 8.90. The highest BCUT2D eigenvalue weighted by Gasteiger charge is 2.21. The molecule has 174 valence electrons. The summed E-state index contributed by atoms with van der Waals surface area (Å²) in [6.45, 7) is 0. The van der Waals surface area contributed by atoms with Crippen LogP contribution in [-0.2, 0) is 0 Å². The molecule has 0 fully saturated rings. The molecule has 0 aliphatic carbocycles. The lowest BCUT2D eigenvalue weighted by Gasteiger charge is -2.26. The molecule has 8 rings (SSSR count). The van der Waals surface area contributed by atoms with Gasteiger partial charge in [0.05, 0.1) is 5.69 Å². The Hall–Kier alpha value is -5.16. The van der Waals surface area contributed by atoms with Gasteiger partial charge in [-0.15, -0.1) is 0 Å². The van der Waals surface area contributed by atoms with Crippen molar-refractivity contribution in [3.8, 4) is 0 Å². The van der Waals surface area contributed by atoms with Crippen LogP contribution < -0.4 is 4.90 Å². The first-order chi connectivity index (χ1) is 18.3. The summed E-state index contributed by atoms with van der Waals surface area (Å²) < 4.78 is 12.4. The molecule has 5 nitrogen and oxygen atoms in total. The van der Waals surface area contributed by atoms with Gasteiger partial charge < -0.3 is 13.7 Å². The van der Waals surface area contributed by atoms with E-state index in [0.29, 0.717) is 11.4 Å². The van der Waals surface area contributed by atoms with Crippen molar-refractivity contribution >= 4 is 72.0 Å². The summed E-state index contributed by atoms with van der Waals surface area (Å²) in [4.78, 5) is 11.1. The van der Waals surface area contributed by atoms with Crippen LogP contribution in [-0.4, -0.2) is 9.97 Å². The quantitative estimate of drug-likeness (QED) is 0.254. The Kier molecular flexibility index (Phi) is 4.16. The molecule has 0 radical (unpaired) electrons. The van der Waals surface area contributed by atoms with Crippen molar-refractivity contribution in [2.75, 3.05) is 4.90 Å². The van der Waals surface area contributed by atoms with Crippen LogP contribution in [0.5, 0.6) is 0 Å². The normalized spacial score (nSPS) is 11.8. The van der Waals surface area contributed by atoms with Gasteiger partial charge >= 0.3 is 0 Å². The molecule has 8 aromatic rings. The van der Waals surface area contributed by atoms with Crippen LogP contribution in [0.15, 0.2) is 124 Å². The lowest BCUT2D eigenvalue weighted by Crippen LogP contribution is -2.10. The van der Waals surface area contributed by atoms with Crippen LogP contribution in [0.1, 0.15) is 0 Å². The lowest BCUT2D eigenvalue weighted by atomic mass is 10.1. The molecule has 0 spiro atoms. The zero-order valence-electron chi connectivity index (χ0n) is 19.6. The summed E-state index contributed by atoms with van der Waals surface area (Å²) in [6, 6.07) is 35.4. The van der Waals surface area contributed by atoms with E-state index in [0.717, 1.165) is 49.8 Å². The minimum Gasteiger partial charge on any atom is -0.438 e. The molecule has 4 heterocycles. The van der Waals surface area contributed by atoms with Gasteiger partial charge in [-0.25, -0.2) is 9.97 Å². The fourth-order valence-corrected chi connectivity index (χ4v) is 5.27. The van der Waals surface area contributed by atoms with Crippen LogP contribution in [0.25, 0.3) is 54.9 Å². The van der Waals surface area contributed by atoms with E-state index in [9.17, 15) is 0 Å². The maximum Gasteiger partial charge on any atom is 0.227 e. The van der Waals surface area contributed by atoms with Crippen molar-refractivity contribution in [1.82, 2.24) is 9.97 Å². The number of furan rings is 2. The van der Waals surface area contributed by atoms with Gasteiger partial charge in [-0.3, -0.25) is 0 Å². The number of fused-ring (bicyclic) bond motifs is 7. The maximum absolute atomic E-state index is 6.36. The first kappa shape index (κ1) is 20.1. The first-order valence-electron chi connectivity index (χ1n) is 12.2. The first-order valence-corrected chi connectivity index (χ1v) is 12.2. The third-order valence-corrected chi connectivity index (χ3v) is 6.98. The van der Waals surface area contributed by atoms with Gasteiger partial charge in [0, 0.05) is 45.3 Å². The number of nitrogens with zero attached hydrogens (tertiary/aromatic N) is 3. The van der Waals surface area contributed by atoms with Crippen LogP contribution in [0, 0.1) is 0 Å². The average molecular weight is 478 g/mol. The number of rotatable bonds is 3. The minimum absolute atomic E-state index is 0.630. The summed E-state index contributed by atoms with van der Waals surface area (Å²) in [5.41, 5.74) is 5.84. The fourth-order valence-electron chi connectivity index (χ4n) is 5.27. The molecule has 0 atom stereocenters. The zero-order valence-corrected chi connectivity index (χ0v) is 19.6. The Morgan fingerprint density at radius 1 is 0.514 bits per heavy atom. The Morgan fingerprint density at radius 3 is 2.08 bits per heavy atom. The molecule has 0 saturated carbocycles.